The van der Waals surface area contributed by atoms with Gasteiger partial charge in [0.25, 0.3) is 11.8 Å². The molecule has 2 fully saturated rings. The minimum Gasteiger partial charge on any atom is -0.453 e. The summed E-state index contributed by atoms with van der Waals surface area (Å²) in [6.45, 7) is 2.61. The Bertz CT molecular complexity index is 557. The van der Waals surface area contributed by atoms with Crippen molar-refractivity contribution in [2.75, 3.05) is 6.61 Å². The molecule has 1 saturated carbocycles. The second-order valence-corrected chi connectivity index (χ2v) is 6.46. The molecule has 1 aliphatic carbocycles. The largest absolute Gasteiger partial charge is 0.453 e. The third-order valence-corrected chi connectivity index (χ3v) is 4.60. The van der Waals surface area contributed by atoms with Crippen molar-refractivity contribution in [3.63, 3.8) is 0 Å². The fourth-order valence-electron chi connectivity index (χ4n) is 2.79. The number of rotatable bonds is 5. The Balaban J connectivity index is 1.86. The molecule has 3 N–H and O–H groups in total. The van der Waals surface area contributed by atoms with Crippen molar-refractivity contribution >= 4 is 23.8 Å². The number of ether oxygens (including phenoxy) is 1. The summed E-state index contributed by atoms with van der Waals surface area (Å²) >= 11 is 0. The van der Waals surface area contributed by atoms with Gasteiger partial charge in [0.15, 0.2) is 12.2 Å². The van der Waals surface area contributed by atoms with E-state index < -0.39 is 41.6 Å². The Morgan fingerprint density at radius 2 is 1.92 bits per heavy atom. The van der Waals surface area contributed by atoms with Gasteiger partial charge in [-0.2, -0.15) is 5.01 Å². The standard InChI is InChI=1S/C15H23N3O6/c1-3-14(2)11(20)18(13(22)16-14)17-10(19)9-24-12(21)15(23)7-5-4-6-8-15/h23H,3-9H2,1-2H3,(H,16,22)(H,17,19)/t14-/m0/s1. The molecule has 1 aliphatic heterocycles. The summed E-state index contributed by atoms with van der Waals surface area (Å²) in [7, 11) is 0. The summed E-state index contributed by atoms with van der Waals surface area (Å²) in [5, 5.41) is 13.2. The third kappa shape index (κ3) is 3.50. The van der Waals surface area contributed by atoms with Crippen LogP contribution in [0.25, 0.3) is 0 Å². The lowest BCUT2D eigenvalue weighted by Gasteiger charge is -2.29. The first-order chi connectivity index (χ1) is 11.2. The van der Waals surface area contributed by atoms with E-state index in [1.807, 2.05) is 0 Å². The molecule has 9 heteroatoms. The van der Waals surface area contributed by atoms with Crippen LogP contribution in [0.4, 0.5) is 4.79 Å². The molecule has 24 heavy (non-hydrogen) atoms. The highest BCUT2D eigenvalue weighted by Gasteiger charge is 2.47. The van der Waals surface area contributed by atoms with Crippen molar-refractivity contribution in [2.24, 2.45) is 0 Å². The van der Waals surface area contributed by atoms with Gasteiger partial charge < -0.3 is 15.2 Å². The highest BCUT2D eigenvalue weighted by molar-refractivity contribution is 6.07. The van der Waals surface area contributed by atoms with Gasteiger partial charge in [-0.3, -0.25) is 15.0 Å². The number of carbonyl (C=O) groups excluding carboxylic acids is 4. The molecule has 0 spiro atoms. The number of nitrogens with zero attached hydrogens (tertiary/aromatic N) is 1. The van der Waals surface area contributed by atoms with Crippen LogP contribution in [0.3, 0.4) is 0 Å². The number of hydrogen-bond acceptors (Lipinski definition) is 6. The van der Waals surface area contributed by atoms with Gasteiger partial charge in [-0.05, 0) is 39.0 Å². The SMILES string of the molecule is CC[C@]1(C)NC(=O)N(NC(=O)COC(=O)C2(O)CCCCC2)C1=O. The van der Waals surface area contributed by atoms with E-state index in [1.54, 1.807) is 13.8 Å². The third-order valence-electron chi connectivity index (χ3n) is 4.60. The number of nitrogens with one attached hydrogen (secondary N) is 2. The van der Waals surface area contributed by atoms with E-state index in [4.69, 9.17) is 4.74 Å². The van der Waals surface area contributed by atoms with E-state index in [2.05, 4.69) is 10.7 Å². The highest BCUT2D eigenvalue weighted by Crippen LogP contribution is 2.29. The monoisotopic (exact) mass is 341 g/mol. The normalized spacial score (nSPS) is 26.0. The second kappa shape index (κ2) is 6.76. The molecule has 4 amide bonds. The van der Waals surface area contributed by atoms with E-state index in [9.17, 15) is 24.3 Å². The molecule has 1 saturated heterocycles. The van der Waals surface area contributed by atoms with E-state index in [1.165, 1.54) is 0 Å². The zero-order valence-electron chi connectivity index (χ0n) is 13.9. The van der Waals surface area contributed by atoms with Gasteiger partial charge in [-0.25, -0.2) is 9.59 Å². The van der Waals surface area contributed by atoms with Crippen LogP contribution in [0, 0.1) is 0 Å². The van der Waals surface area contributed by atoms with Crippen molar-refractivity contribution < 1.29 is 29.0 Å². The first-order valence-corrected chi connectivity index (χ1v) is 8.08. The topological polar surface area (TPSA) is 125 Å². The van der Waals surface area contributed by atoms with E-state index in [-0.39, 0.29) is 0 Å². The zero-order valence-corrected chi connectivity index (χ0v) is 13.9. The van der Waals surface area contributed by atoms with Gasteiger partial charge in [0.1, 0.15) is 5.54 Å². The maximum absolute atomic E-state index is 12.1. The fourth-order valence-corrected chi connectivity index (χ4v) is 2.79. The van der Waals surface area contributed by atoms with E-state index in [0.29, 0.717) is 24.3 Å². The van der Waals surface area contributed by atoms with Crippen molar-refractivity contribution in [1.29, 1.82) is 0 Å². The molecule has 1 atom stereocenters. The molecule has 9 nitrogen and oxygen atoms in total. The number of carbonyl (C=O) groups is 4. The number of hydrazine groups is 1. The Morgan fingerprint density at radius 1 is 1.29 bits per heavy atom. The molecule has 2 aliphatic rings. The quantitative estimate of drug-likeness (QED) is 0.476. The molecule has 2 rings (SSSR count). The fraction of sp³-hybridized carbons (Fsp3) is 0.733. The van der Waals surface area contributed by atoms with Crippen LogP contribution in [0.1, 0.15) is 52.4 Å². The first kappa shape index (κ1) is 18.2. The minimum absolute atomic E-state index is 0.301. The van der Waals surface area contributed by atoms with Crippen LogP contribution in [0.15, 0.2) is 0 Å². The number of imide groups is 1. The maximum atomic E-state index is 12.1. The molecule has 0 radical (unpaired) electrons. The van der Waals surface area contributed by atoms with Crippen LogP contribution >= 0.6 is 0 Å². The smallest absolute Gasteiger partial charge is 0.344 e. The van der Waals surface area contributed by atoms with Gasteiger partial charge in [-0.1, -0.05) is 13.3 Å². The van der Waals surface area contributed by atoms with Gasteiger partial charge in [-0.15, -0.1) is 0 Å². The van der Waals surface area contributed by atoms with Gasteiger partial charge in [0.05, 0.1) is 0 Å². The number of esters is 1. The van der Waals surface area contributed by atoms with Gasteiger partial charge in [0.2, 0.25) is 0 Å². The predicted molar refractivity (Wildman–Crippen MR) is 81.2 cm³/mol. The van der Waals surface area contributed by atoms with E-state index in [0.717, 1.165) is 19.3 Å². The lowest BCUT2D eigenvalue weighted by molar-refractivity contribution is -0.171. The lowest BCUT2D eigenvalue weighted by Crippen LogP contribution is -2.50. The van der Waals surface area contributed by atoms with Crippen LogP contribution < -0.4 is 10.7 Å². The van der Waals surface area contributed by atoms with E-state index >= 15 is 0 Å². The molecule has 0 aromatic carbocycles. The molecule has 0 bridgehead atoms. The molecular formula is C15H23N3O6. The Labute approximate surface area is 139 Å². The number of amides is 4. The molecule has 0 aromatic heterocycles. The number of aliphatic hydroxyl groups is 1. The second-order valence-electron chi connectivity index (χ2n) is 6.46. The van der Waals surface area contributed by atoms with Crippen molar-refractivity contribution in [2.45, 2.75) is 63.5 Å². The molecule has 134 valence electrons. The summed E-state index contributed by atoms with van der Waals surface area (Å²) in [6, 6.07) is -0.741. The average Bonchev–Trinajstić information content (AvgIpc) is 2.77. The summed E-state index contributed by atoms with van der Waals surface area (Å²) in [6.07, 6.45) is 3.35. The average molecular weight is 341 g/mol. The predicted octanol–water partition coefficient (Wildman–Crippen LogP) is -0.0235. The van der Waals surface area contributed by atoms with Crippen LogP contribution in [-0.2, 0) is 19.1 Å². The summed E-state index contributed by atoms with van der Waals surface area (Å²) in [4.78, 5) is 47.6. The summed E-state index contributed by atoms with van der Waals surface area (Å²) < 4.78 is 4.83. The zero-order chi connectivity index (χ0) is 18.0. The summed E-state index contributed by atoms with van der Waals surface area (Å²) in [5.74, 6) is -2.26. The van der Waals surface area contributed by atoms with Crippen molar-refractivity contribution in [3.8, 4) is 0 Å². The van der Waals surface area contributed by atoms with Crippen LogP contribution in [-0.4, -0.2) is 51.7 Å². The minimum atomic E-state index is -1.56. The van der Waals surface area contributed by atoms with Crippen LogP contribution in [0.2, 0.25) is 0 Å². The Hall–Kier alpha value is -2.16. The summed E-state index contributed by atoms with van der Waals surface area (Å²) in [5.41, 5.74) is -0.514. The lowest BCUT2D eigenvalue weighted by atomic mass is 9.85. The van der Waals surface area contributed by atoms with Crippen molar-refractivity contribution in [1.82, 2.24) is 15.8 Å². The maximum Gasteiger partial charge on any atom is 0.344 e. The number of urea groups is 1. The molecule has 0 unspecified atom stereocenters. The molecular weight excluding hydrogens is 318 g/mol. The first-order valence-electron chi connectivity index (χ1n) is 8.08. The van der Waals surface area contributed by atoms with Gasteiger partial charge in [0, 0.05) is 0 Å². The molecule has 0 aromatic rings. The molecule has 1 heterocycles. The van der Waals surface area contributed by atoms with Gasteiger partial charge >= 0.3 is 12.0 Å². The Morgan fingerprint density at radius 3 is 2.46 bits per heavy atom. The Kier molecular flexibility index (Phi) is 5.12. The van der Waals surface area contributed by atoms with Crippen molar-refractivity contribution in [3.05, 3.63) is 0 Å². The number of hydrogen-bond donors (Lipinski definition) is 3. The highest BCUT2D eigenvalue weighted by atomic mass is 16.6. The van der Waals surface area contributed by atoms with Crippen LogP contribution in [0.5, 0.6) is 0 Å².